The number of nitrogens with zero attached hydrogens (tertiary/aromatic N) is 4. The minimum Gasteiger partial charge on any atom is -0.495 e. The number of rotatable bonds is 5. The van der Waals surface area contributed by atoms with E-state index in [1.165, 1.54) is 0 Å². The average molecular weight is 284 g/mol. The Kier molecular flexibility index (Phi) is 4.18. The van der Waals surface area contributed by atoms with Gasteiger partial charge in [0.2, 0.25) is 0 Å². The number of halogens is 1. The predicted octanol–water partition coefficient (Wildman–Crippen LogP) is 1.05. The molecular weight excluding hydrogens is 270 g/mol. The smallest absolute Gasteiger partial charge is 0.170 e. The van der Waals surface area contributed by atoms with Crippen LogP contribution in [0.3, 0.4) is 0 Å². The molecule has 0 unspecified atom stereocenters. The second-order valence-electron chi connectivity index (χ2n) is 3.70. The number of ether oxygens (including phenoxy) is 2. The lowest BCUT2D eigenvalue weighted by Crippen LogP contribution is -2.13. The molecule has 19 heavy (non-hydrogen) atoms. The van der Waals surface area contributed by atoms with Crippen LogP contribution in [0.25, 0.3) is 5.69 Å². The van der Waals surface area contributed by atoms with E-state index >= 15 is 0 Å². The highest BCUT2D eigenvalue weighted by atomic mass is 35.5. The number of nitrogens with one attached hydrogen (secondary N) is 1. The molecule has 0 aliphatic rings. The topological polar surface area (TPSA) is 74.1 Å². The molecule has 2 aromatic rings. The summed E-state index contributed by atoms with van der Waals surface area (Å²) in [6.07, 6.45) is 0. The molecule has 0 fully saturated rings. The lowest BCUT2D eigenvalue weighted by molar-refractivity contribution is 0.400. The van der Waals surface area contributed by atoms with Crippen molar-refractivity contribution in [3.05, 3.63) is 23.0 Å². The molecule has 0 atom stereocenters. The van der Waals surface area contributed by atoms with Crippen molar-refractivity contribution in [2.75, 3.05) is 21.3 Å². The third kappa shape index (κ3) is 2.61. The summed E-state index contributed by atoms with van der Waals surface area (Å²) in [5, 5.41) is 15.0. The molecule has 1 aromatic carbocycles. The van der Waals surface area contributed by atoms with Crippen LogP contribution in [-0.4, -0.2) is 41.5 Å². The number of hydrogen-bond acceptors (Lipinski definition) is 6. The van der Waals surface area contributed by atoms with Gasteiger partial charge in [-0.15, -0.1) is 5.10 Å². The molecule has 1 heterocycles. The van der Waals surface area contributed by atoms with Crippen molar-refractivity contribution in [2.45, 2.75) is 6.54 Å². The van der Waals surface area contributed by atoms with Crippen LogP contribution < -0.4 is 14.8 Å². The van der Waals surface area contributed by atoms with E-state index in [-0.39, 0.29) is 0 Å². The zero-order chi connectivity index (χ0) is 13.8. The van der Waals surface area contributed by atoms with Crippen LogP contribution in [0.4, 0.5) is 0 Å². The molecule has 0 saturated heterocycles. The summed E-state index contributed by atoms with van der Waals surface area (Å²) in [4.78, 5) is 0. The highest BCUT2D eigenvalue weighted by Gasteiger charge is 2.16. The molecule has 2 rings (SSSR count). The Bertz CT molecular complexity index is 572. The van der Waals surface area contributed by atoms with E-state index in [1.807, 2.05) is 7.05 Å². The molecule has 0 aliphatic heterocycles. The van der Waals surface area contributed by atoms with E-state index in [4.69, 9.17) is 21.1 Å². The van der Waals surface area contributed by atoms with E-state index in [2.05, 4.69) is 20.8 Å². The minimum atomic E-state index is 0.464. The van der Waals surface area contributed by atoms with Crippen LogP contribution in [0.2, 0.25) is 5.02 Å². The number of methoxy groups -OCH3 is 2. The van der Waals surface area contributed by atoms with E-state index in [9.17, 15) is 0 Å². The largest absolute Gasteiger partial charge is 0.495 e. The lowest BCUT2D eigenvalue weighted by Gasteiger charge is -2.12. The molecule has 0 amide bonds. The molecule has 0 spiro atoms. The van der Waals surface area contributed by atoms with Crippen molar-refractivity contribution in [1.82, 2.24) is 25.5 Å². The molecule has 0 bridgehead atoms. The van der Waals surface area contributed by atoms with E-state index in [0.717, 1.165) is 0 Å². The average Bonchev–Trinajstić information content (AvgIpc) is 2.87. The SMILES string of the molecule is CNCc1nnnn1-c1cc(OC)c(Cl)cc1OC. The number of tetrazole rings is 1. The molecule has 8 heteroatoms. The first-order valence-electron chi connectivity index (χ1n) is 5.55. The highest BCUT2D eigenvalue weighted by Crippen LogP contribution is 2.34. The third-order valence-corrected chi connectivity index (χ3v) is 2.85. The van der Waals surface area contributed by atoms with E-state index < -0.39 is 0 Å². The van der Waals surface area contributed by atoms with Crippen LogP contribution >= 0.6 is 11.6 Å². The fourth-order valence-corrected chi connectivity index (χ4v) is 1.90. The molecular formula is C11H14ClN5O2. The first-order chi connectivity index (χ1) is 9.21. The first kappa shape index (κ1) is 13.6. The summed E-state index contributed by atoms with van der Waals surface area (Å²) in [6, 6.07) is 3.40. The molecule has 102 valence electrons. The van der Waals surface area contributed by atoms with Gasteiger partial charge in [-0.05, 0) is 17.5 Å². The van der Waals surface area contributed by atoms with Gasteiger partial charge in [-0.25, -0.2) is 0 Å². The van der Waals surface area contributed by atoms with Gasteiger partial charge < -0.3 is 14.8 Å². The van der Waals surface area contributed by atoms with Crippen LogP contribution in [0.1, 0.15) is 5.82 Å². The van der Waals surface area contributed by atoms with Gasteiger partial charge in [-0.3, -0.25) is 0 Å². The molecule has 1 aromatic heterocycles. The zero-order valence-corrected chi connectivity index (χ0v) is 11.6. The Morgan fingerprint density at radius 3 is 2.63 bits per heavy atom. The third-order valence-electron chi connectivity index (χ3n) is 2.55. The summed E-state index contributed by atoms with van der Waals surface area (Å²) in [5.41, 5.74) is 0.666. The molecule has 7 nitrogen and oxygen atoms in total. The van der Waals surface area contributed by atoms with E-state index in [1.54, 1.807) is 31.0 Å². The maximum atomic E-state index is 6.06. The second kappa shape index (κ2) is 5.85. The van der Waals surface area contributed by atoms with Crippen LogP contribution in [-0.2, 0) is 6.54 Å². The summed E-state index contributed by atoms with van der Waals surface area (Å²) < 4.78 is 12.1. The van der Waals surface area contributed by atoms with Crippen molar-refractivity contribution in [3.8, 4) is 17.2 Å². The summed E-state index contributed by atoms with van der Waals surface area (Å²) in [5.74, 6) is 1.75. The number of aromatic nitrogens is 4. The van der Waals surface area contributed by atoms with Crippen molar-refractivity contribution in [1.29, 1.82) is 0 Å². The Hall–Kier alpha value is -1.86. The molecule has 0 radical (unpaired) electrons. The quantitative estimate of drug-likeness (QED) is 0.884. The number of hydrogen-bond donors (Lipinski definition) is 1. The predicted molar refractivity (Wildman–Crippen MR) is 70.0 cm³/mol. The van der Waals surface area contributed by atoms with Crippen LogP contribution in [0, 0.1) is 0 Å². The Morgan fingerprint density at radius 1 is 1.26 bits per heavy atom. The summed E-state index contributed by atoms with van der Waals surface area (Å²) in [7, 11) is 4.92. The highest BCUT2D eigenvalue weighted by molar-refractivity contribution is 6.32. The molecule has 0 saturated carbocycles. The van der Waals surface area contributed by atoms with Crippen molar-refractivity contribution < 1.29 is 9.47 Å². The lowest BCUT2D eigenvalue weighted by atomic mass is 10.2. The molecule has 1 N–H and O–H groups in total. The Labute approximate surface area is 115 Å². The molecule has 0 aliphatic carbocycles. The standard InChI is InChI=1S/C11H14ClN5O2/c1-13-6-11-14-15-16-17(11)8-5-9(18-2)7(12)4-10(8)19-3/h4-5,13H,6H2,1-3H3. The van der Waals surface area contributed by atoms with Crippen LogP contribution in [0.5, 0.6) is 11.5 Å². The van der Waals surface area contributed by atoms with E-state index in [0.29, 0.717) is 34.6 Å². The van der Waals surface area contributed by atoms with Crippen molar-refractivity contribution in [2.24, 2.45) is 0 Å². The van der Waals surface area contributed by atoms with Gasteiger partial charge >= 0.3 is 0 Å². The summed E-state index contributed by atoms with van der Waals surface area (Å²) >= 11 is 6.06. The second-order valence-corrected chi connectivity index (χ2v) is 4.10. The minimum absolute atomic E-state index is 0.464. The normalized spacial score (nSPS) is 10.5. The van der Waals surface area contributed by atoms with Gasteiger partial charge in [-0.2, -0.15) is 4.68 Å². The Balaban J connectivity index is 2.56. The maximum Gasteiger partial charge on any atom is 0.170 e. The van der Waals surface area contributed by atoms with Gasteiger partial charge in [0, 0.05) is 12.1 Å². The van der Waals surface area contributed by atoms with Gasteiger partial charge in [0.15, 0.2) is 5.82 Å². The fraction of sp³-hybridized carbons (Fsp3) is 0.364. The number of benzene rings is 1. The van der Waals surface area contributed by atoms with Gasteiger partial charge in [0.1, 0.15) is 17.2 Å². The fourth-order valence-electron chi connectivity index (χ4n) is 1.67. The van der Waals surface area contributed by atoms with Gasteiger partial charge in [0.05, 0.1) is 25.8 Å². The van der Waals surface area contributed by atoms with Gasteiger partial charge in [0.25, 0.3) is 0 Å². The van der Waals surface area contributed by atoms with Crippen LogP contribution in [0.15, 0.2) is 12.1 Å². The summed E-state index contributed by atoms with van der Waals surface area (Å²) in [6.45, 7) is 0.529. The maximum absolute atomic E-state index is 6.06. The van der Waals surface area contributed by atoms with Crippen molar-refractivity contribution in [3.63, 3.8) is 0 Å². The monoisotopic (exact) mass is 283 g/mol. The Morgan fingerprint density at radius 2 is 2.00 bits per heavy atom. The zero-order valence-electron chi connectivity index (χ0n) is 10.8. The van der Waals surface area contributed by atoms with Gasteiger partial charge in [-0.1, -0.05) is 11.6 Å². The van der Waals surface area contributed by atoms with Crippen molar-refractivity contribution >= 4 is 11.6 Å². The first-order valence-corrected chi connectivity index (χ1v) is 5.92.